The molecule has 1 atom stereocenters. The average Bonchev–Trinajstić information content (AvgIpc) is 2.22. The van der Waals surface area contributed by atoms with E-state index in [1.165, 1.54) is 0 Å². The SMILES string of the molecule is CC(C)C(C)(C)CNC(=O)NC(CC(=O)O)CC(C)(C)C. The Balaban J connectivity index is 4.50. The van der Waals surface area contributed by atoms with Gasteiger partial charge in [-0.1, -0.05) is 48.5 Å². The van der Waals surface area contributed by atoms with Gasteiger partial charge in [0.1, 0.15) is 0 Å². The van der Waals surface area contributed by atoms with Crippen LogP contribution >= 0.6 is 0 Å². The van der Waals surface area contributed by atoms with Crippen LogP contribution in [0.25, 0.3) is 0 Å². The molecule has 0 aromatic heterocycles. The van der Waals surface area contributed by atoms with Gasteiger partial charge in [-0.25, -0.2) is 4.79 Å². The molecular weight excluding hydrogens is 268 g/mol. The van der Waals surface area contributed by atoms with E-state index in [2.05, 4.69) is 38.3 Å². The second kappa shape index (κ2) is 7.66. The summed E-state index contributed by atoms with van der Waals surface area (Å²) in [6.45, 7) is 15.1. The average molecular weight is 300 g/mol. The molecule has 5 heteroatoms. The van der Waals surface area contributed by atoms with Gasteiger partial charge in [0, 0.05) is 12.6 Å². The molecule has 21 heavy (non-hydrogen) atoms. The largest absolute Gasteiger partial charge is 0.481 e. The number of rotatable bonds is 7. The number of hydrogen-bond acceptors (Lipinski definition) is 2. The molecule has 0 rings (SSSR count). The van der Waals surface area contributed by atoms with E-state index in [0.717, 1.165) is 0 Å². The number of carbonyl (C=O) groups excluding carboxylic acids is 1. The maximum absolute atomic E-state index is 12.0. The van der Waals surface area contributed by atoms with Crippen molar-refractivity contribution in [2.24, 2.45) is 16.7 Å². The fourth-order valence-electron chi connectivity index (χ4n) is 1.87. The summed E-state index contributed by atoms with van der Waals surface area (Å²) >= 11 is 0. The van der Waals surface area contributed by atoms with Crippen LogP contribution in [-0.4, -0.2) is 29.7 Å². The summed E-state index contributed by atoms with van der Waals surface area (Å²) < 4.78 is 0. The molecule has 0 aliphatic heterocycles. The van der Waals surface area contributed by atoms with Gasteiger partial charge < -0.3 is 15.7 Å². The molecule has 5 nitrogen and oxygen atoms in total. The number of amides is 2. The number of urea groups is 1. The monoisotopic (exact) mass is 300 g/mol. The van der Waals surface area contributed by atoms with Crippen molar-refractivity contribution < 1.29 is 14.7 Å². The van der Waals surface area contributed by atoms with Crippen LogP contribution in [0.1, 0.15) is 61.3 Å². The molecule has 0 bridgehead atoms. The molecule has 0 aliphatic carbocycles. The minimum absolute atomic E-state index is 0.00363. The predicted molar refractivity (Wildman–Crippen MR) is 85.3 cm³/mol. The second-order valence-corrected chi connectivity index (χ2v) is 8.03. The molecule has 0 saturated heterocycles. The Kier molecular flexibility index (Phi) is 7.20. The third-order valence-electron chi connectivity index (χ3n) is 3.88. The third-order valence-corrected chi connectivity index (χ3v) is 3.88. The van der Waals surface area contributed by atoms with Gasteiger partial charge in [0.25, 0.3) is 0 Å². The highest BCUT2D eigenvalue weighted by Crippen LogP contribution is 2.25. The van der Waals surface area contributed by atoms with Crippen molar-refractivity contribution in [2.75, 3.05) is 6.54 Å². The Labute approximate surface area is 128 Å². The lowest BCUT2D eigenvalue weighted by Gasteiger charge is -2.30. The van der Waals surface area contributed by atoms with E-state index in [4.69, 9.17) is 5.11 Å². The van der Waals surface area contributed by atoms with E-state index in [-0.39, 0.29) is 29.3 Å². The molecule has 2 amide bonds. The van der Waals surface area contributed by atoms with E-state index in [1.54, 1.807) is 0 Å². The zero-order chi connectivity index (χ0) is 16.8. The van der Waals surface area contributed by atoms with Gasteiger partial charge in [0.05, 0.1) is 6.42 Å². The van der Waals surface area contributed by atoms with Gasteiger partial charge in [-0.2, -0.15) is 0 Å². The quantitative estimate of drug-likeness (QED) is 0.675. The zero-order valence-corrected chi connectivity index (χ0v) is 14.5. The normalized spacial score (nSPS) is 13.9. The van der Waals surface area contributed by atoms with Crippen LogP contribution in [-0.2, 0) is 4.79 Å². The maximum Gasteiger partial charge on any atom is 0.315 e. The number of aliphatic carboxylic acids is 1. The van der Waals surface area contributed by atoms with Crippen molar-refractivity contribution in [3.63, 3.8) is 0 Å². The summed E-state index contributed by atoms with van der Waals surface area (Å²) in [5, 5.41) is 14.6. The first-order chi connectivity index (χ1) is 9.33. The van der Waals surface area contributed by atoms with Gasteiger partial charge in [0.2, 0.25) is 0 Å². The van der Waals surface area contributed by atoms with Gasteiger partial charge in [0.15, 0.2) is 0 Å². The minimum atomic E-state index is -0.896. The molecule has 1 unspecified atom stereocenters. The van der Waals surface area contributed by atoms with Crippen molar-refractivity contribution in [1.29, 1.82) is 0 Å². The molecule has 0 spiro atoms. The number of hydrogen-bond donors (Lipinski definition) is 3. The number of carboxylic acids is 1. The molecule has 0 aromatic carbocycles. The van der Waals surface area contributed by atoms with Gasteiger partial charge in [-0.05, 0) is 23.2 Å². The lowest BCUT2D eigenvalue weighted by molar-refractivity contribution is -0.137. The molecule has 0 aromatic rings. The van der Waals surface area contributed by atoms with Gasteiger partial charge in [-0.15, -0.1) is 0 Å². The Bertz CT molecular complexity index is 357. The van der Waals surface area contributed by atoms with Crippen LogP contribution < -0.4 is 10.6 Å². The molecule has 124 valence electrons. The van der Waals surface area contributed by atoms with E-state index in [0.29, 0.717) is 18.9 Å². The first-order valence-corrected chi connectivity index (χ1v) is 7.59. The minimum Gasteiger partial charge on any atom is -0.481 e. The van der Waals surface area contributed by atoms with Crippen LogP contribution in [0.15, 0.2) is 0 Å². The first kappa shape index (κ1) is 19.7. The van der Waals surface area contributed by atoms with Gasteiger partial charge in [-0.3, -0.25) is 4.79 Å². The van der Waals surface area contributed by atoms with E-state index >= 15 is 0 Å². The fourth-order valence-corrected chi connectivity index (χ4v) is 1.87. The summed E-state index contributed by atoms with van der Waals surface area (Å²) in [6, 6.07) is -0.649. The van der Waals surface area contributed by atoms with Crippen LogP contribution in [0.4, 0.5) is 4.79 Å². The topological polar surface area (TPSA) is 78.4 Å². The summed E-state index contributed by atoms with van der Waals surface area (Å²) in [6.07, 6.45) is 0.568. The highest BCUT2D eigenvalue weighted by Gasteiger charge is 2.25. The Morgan fingerprint density at radius 3 is 2.00 bits per heavy atom. The summed E-state index contributed by atoms with van der Waals surface area (Å²) in [5.74, 6) is -0.450. The van der Waals surface area contributed by atoms with E-state index in [9.17, 15) is 9.59 Å². The molecule has 0 radical (unpaired) electrons. The Morgan fingerprint density at radius 2 is 1.62 bits per heavy atom. The molecule has 0 saturated carbocycles. The second-order valence-electron chi connectivity index (χ2n) is 8.03. The highest BCUT2D eigenvalue weighted by molar-refractivity contribution is 5.75. The predicted octanol–water partition coefficient (Wildman–Crippen LogP) is 3.25. The lowest BCUT2D eigenvalue weighted by atomic mass is 9.81. The molecule has 3 N–H and O–H groups in total. The number of nitrogens with one attached hydrogen (secondary N) is 2. The summed E-state index contributed by atoms with van der Waals surface area (Å²) in [4.78, 5) is 22.9. The van der Waals surface area contributed by atoms with E-state index < -0.39 is 5.97 Å². The van der Waals surface area contributed by atoms with E-state index in [1.807, 2.05) is 20.8 Å². The van der Waals surface area contributed by atoms with Crippen molar-refractivity contribution in [3.8, 4) is 0 Å². The maximum atomic E-state index is 12.0. The third kappa shape index (κ3) is 9.32. The molecule has 0 fully saturated rings. The van der Waals surface area contributed by atoms with Crippen LogP contribution in [0, 0.1) is 16.7 Å². The molecular formula is C16H32N2O3. The van der Waals surface area contributed by atoms with Crippen molar-refractivity contribution in [2.45, 2.75) is 67.3 Å². The zero-order valence-electron chi connectivity index (χ0n) is 14.5. The number of carbonyl (C=O) groups is 2. The molecule has 0 heterocycles. The number of carboxylic acid groups (broad SMARTS) is 1. The highest BCUT2D eigenvalue weighted by atomic mass is 16.4. The van der Waals surface area contributed by atoms with Crippen molar-refractivity contribution in [3.05, 3.63) is 0 Å². The smallest absolute Gasteiger partial charge is 0.315 e. The lowest BCUT2D eigenvalue weighted by Crippen LogP contribution is -2.47. The van der Waals surface area contributed by atoms with Crippen LogP contribution in [0.2, 0.25) is 0 Å². The van der Waals surface area contributed by atoms with Crippen LogP contribution in [0.3, 0.4) is 0 Å². The van der Waals surface area contributed by atoms with Crippen LogP contribution in [0.5, 0.6) is 0 Å². The Morgan fingerprint density at radius 1 is 1.10 bits per heavy atom. The molecule has 0 aliphatic rings. The fraction of sp³-hybridized carbons (Fsp3) is 0.875. The summed E-state index contributed by atoms with van der Waals surface area (Å²) in [7, 11) is 0. The first-order valence-electron chi connectivity index (χ1n) is 7.59. The summed E-state index contributed by atoms with van der Waals surface area (Å²) in [5.41, 5.74) is -0.0335. The van der Waals surface area contributed by atoms with Gasteiger partial charge >= 0.3 is 12.0 Å². The van der Waals surface area contributed by atoms with Crippen molar-refractivity contribution in [1.82, 2.24) is 10.6 Å². The Hall–Kier alpha value is -1.26. The standard InChI is InChI=1S/C16H32N2O3/c1-11(2)16(6,7)10-17-14(21)18-12(8-13(19)20)9-15(3,4)5/h11-12H,8-10H2,1-7H3,(H,19,20)(H2,17,18,21). The van der Waals surface area contributed by atoms with Crippen molar-refractivity contribution >= 4 is 12.0 Å².